The summed E-state index contributed by atoms with van der Waals surface area (Å²) in [5.74, 6) is -0.0569. The molecular formula is C19H26N4O3. The first-order chi connectivity index (χ1) is 12.4. The van der Waals surface area contributed by atoms with Crippen LogP contribution in [0.15, 0.2) is 35.5 Å². The number of pyridine rings is 1. The molecule has 1 aliphatic heterocycles. The van der Waals surface area contributed by atoms with E-state index in [0.29, 0.717) is 18.7 Å². The van der Waals surface area contributed by atoms with Crippen LogP contribution in [-0.2, 0) is 11.3 Å². The Bertz CT molecular complexity index is 839. The normalized spacial score (nSPS) is 20.1. The number of rotatable bonds is 5. The van der Waals surface area contributed by atoms with E-state index in [0.717, 1.165) is 5.56 Å². The van der Waals surface area contributed by atoms with Gasteiger partial charge in [-0.1, -0.05) is 6.07 Å². The first-order valence-electron chi connectivity index (χ1n) is 8.99. The Hall–Kier alpha value is -2.41. The molecule has 0 aliphatic carbocycles. The summed E-state index contributed by atoms with van der Waals surface area (Å²) < 4.78 is 3.33. The van der Waals surface area contributed by atoms with Crippen LogP contribution in [0, 0.1) is 12.8 Å². The average molecular weight is 358 g/mol. The zero-order valence-electron chi connectivity index (χ0n) is 15.5. The number of aliphatic hydroxyl groups is 1. The van der Waals surface area contributed by atoms with E-state index in [4.69, 9.17) is 0 Å². The lowest BCUT2D eigenvalue weighted by Gasteiger charge is -2.17. The van der Waals surface area contributed by atoms with Crippen molar-refractivity contribution in [3.05, 3.63) is 52.2 Å². The van der Waals surface area contributed by atoms with E-state index < -0.39 is 0 Å². The van der Waals surface area contributed by atoms with Crippen molar-refractivity contribution in [3.63, 3.8) is 0 Å². The molecule has 0 aromatic carbocycles. The zero-order chi connectivity index (χ0) is 18.8. The van der Waals surface area contributed by atoms with E-state index in [-0.39, 0.29) is 42.5 Å². The summed E-state index contributed by atoms with van der Waals surface area (Å²) in [6.45, 7) is 6.93. The second kappa shape index (κ2) is 7.45. The molecule has 2 aromatic rings. The Morgan fingerprint density at radius 3 is 2.81 bits per heavy atom. The van der Waals surface area contributed by atoms with Gasteiger partial charge in [-0.05, 0) is 32.4 Å². The van der Waals surface area contributed by atoms with Gasteiger partial charge in [-0.15, -0.1) is 0 Å². The molecule has 7 nitrogen and oxygen atoms in total. The van der Waals surface area contributed by atoms with Crippen molar-refractivity contribution >= 4 is 5.91 Å². The van der Waals surface area contributed by atoms with Crippen LogP contribution in [0.3, 0.4) is 0 Å². The van der Waals surface area contributed by atoms with Gasteiger partial charge in [0.2, 0.25) is 5.91 Å². The average Bonchev–Trinajstić information content (AvgIpc) is 3.25. The number of nitrogens with zero attached hydrogens (tertiary/aromatic N) is 4. The van der Waals surface area contributed by atoms with E-state index in [1.54, 1.807) is 30.2 Å². The molecule has 1 aliphatic rings. The zero-order valence-corrected chi connectivity index (χ0v) is 15.5. The molecule has 1 fully saturated rings. The Kier molecular flexibility index (Phi) is 5.27. The number of aromatic nitrogens is 3. The van der Waals surface area contributed by atoms with Gasteiger partial charge in [0.1, 0.15) is 6.54 Å². The molecule has 1 N–H and O–H groups in total. The number of amides is 1. The molecule has 0 spiro atoms. The monoisotopic (exact) mass is 358 g/mol. The van der Waals surface area contributed by atoms with E-state index in [9.17, 15) is 14.7 Å². The number of likely N-dealkylation sites (tertiary alicyclic amines) is 1. The highest BCUT2D eigenvalue weighted by atomic mass is 16.3. The van der Waals surface area contributed by atoms with Crippen molar-refractivity contribution in [1.29, 1.82) is 0 Å². The van der Waals surface area contributed by atoms with Crippen molar-refractivity contribution in [2.45, 2.75) is 39.3 Å². The first kappa shape index (κ1) is 18.4. The molecule has 2 aromatic heterocycles. The van der Waals surface area contributed by atoms with Crippen molar-refractivity contribution in [2.24, 2.45) is 5.92 Å². The van der Waals surface area contributed by atoms with Crippen LogP contribution < -0.4 is 5.56 Å². The van der Waals surface area contributed by atoms with Gasteiger partial charge in [0.15, 0.2) is 0 Å². The maximum Gasteiger partial charge on any atom is 0.253 e. The lowest BCUT2D eigenvalue weighted by molar-refractivity contribution is -0.131. The molecule has 0 bridgehead atoms. The fourth-order valence-electron chi connectivity index (χ4n) is 3.49. The Morgan fingerprint density at radius 1 is 1.38 bits per heavy atom. The molecule has 1 saturated heterocycles. The van der Waals surface area contributed by atoms with Crippen LogP contribution in [0.4, 0.5) is 0 Å². The van der Waals surface area contributed by atoms with Gasteiger partial charge >= 0.3 is 0 Å². The molecule has 1 amide bonds. The van der Waals surface area contributed by atoms with Crippen molar-refractivity contribution in [3.8, 4) is 0 Å². The van der Waals surface area contributed by atoms with Gasteiger partial charge in [0.05, 0.1) is 6.20 Å². The number of hydrogen-bond acceptors (Lipinski definition) is 4. The van der Waals surface area contributed by atoms with Gasteiger partial charge in [-0.2, -0.15) is 5.10 Å². The summed E-state index contributed by atoms with van der Waals surface area (Å²) in [6, 6.07) is 3.78. The molecule has 7 heteroatoms. The fraction of sp³-hybridized carbons (Fsp3) is 0.526. The third-order valence-electron chi connectivity index (χ3n) is 5.12. The minimum absolute atomic E-state index is 0.0157. The molecule has 0 radical (unpaired) electrons. The standard InChI is InChI=1S/C19H26N4O3/c1-13(2)23-9-15(7-20-23)17-10-22(8-16(17)12-24)18(25)11-21-6-4-5-14(3)19(21)26/h4-7,9,13,16-17,24H,8,10-12H2,1-3H3/t16-,17-/m0/s1. The Balaban J connectivity index is 1.74. The number of carbonyl (C=O) groups excluding carboxylic acids is 1. The molecule has 26 heavy (non-hydrogen) atoms. The predicted octanol–water partition coefficient (Wildman–Crippen LogP) is 1.17. The van der Waals surface area contributed by atoms with Gasteiger partial charge in [0, 0.05) is 55.5 Å². The highest BCUT2D eigenvalue weighted by molar-refractivity contribution is 5.76. The van der Waals surface area contributed by atoms with Crippen molar-refractivity contribution in [2.75, 3.05) is 19.7 Å². The van der Waals surface area contributed by atoms with Crippen LogP contribution in [-0.4, -0.2) is 50.0 Å². The predicted molar refractivity (Wildman–Crippen MR) is 97.9 cm³/mol. The molecular weight excluding hydrogens is 332 g/mol. The Morgan fingerprint density at radius 2 is 2.15 bits per heavy atom. The van der Waals surface area contributed by atoms with Crippen LogP contribution in [0.1, 0.15) is 36.9 Å². The minimum Gasteiger partial charge on any atom is -0.396 e. The van der Waals surface area contributed by atoms with Gasteiger partial charge in [0.25, 0.3) is 5.56 Å². The quantitative estimate of drug-likeness (QED) is 0.870. The van der Waals surface area contributed by atoms with Crippen LogP contribution in [0.2, 0.25) is 0 Å². The number of hydrogen-bond donors (Lipinski definition) is 1. The van der Waals surface area contributed by atoms with E-state index in [2.05, 4.69) is 18.9 Å². The van der Waals surface area contributed by atoms with Crippen molar-refractivity contribution < 1.29 is 9.90 Å². The smallest absolute Gasteiger partial charge is 0.253 e. The van der Waals surface area contributed by atoms with Gasteiger partial charge in [-0.25, -0.2) is 0 Å². The minimum atomic E-state index is -0.145. The second-order valence-electron chi connectivity index (χ2n) is 7.32. The van der Waals surface area contributed by atoms with Crippen LogP contribution in [0.5, 0.6) is 0 Å². The maximum atomic E-state index is 12.7. The highest BCUT2D eigenvalue weighted by Gasteiger charge is 2.36. The number of aryl methyl sites for hydroxylation is 1. The summed E-state index contributed by atoms with van der Waals surface area (Å²) in [5.41, 5.74) is 1.52. The topological polar surface area (TPSA) is 80.4 Å². The lowest BCUT2D eigenvalue weighted by atomic mass is 9.92. The largest absolute Gasteiger partial charge is 0.396 e. The van der Waals surface area contributed by atoms with Crippen LogP contribution in [0.25, 0.3) is 0 Å². The molecule has 140 valence electrons. The fourth-order valence-corrected chi connectivity index (χ4v) is 3.49. The van der Waals surface area contributed by atoms with E-state index >= 15 is 0 Å². The molecule has 0 saturated carbocycles. The Labute approximate surface area is 152 Å². The summed E-state index contributed by atoms with van der Waals surface area (Å²) >= 11 is 0. The molecule has 3 heterocycles. The summed E-state index contributed by atoms with van der Waals surface area (Å²) in [5, 5.41) is 14.1. The number of aliphatic hydroxyl groups excluding tert-OH is 1. The van der Waals surface area contributed by atoms with E-state index in [1.807, 2.05) is 17.1 Å². The third kappa shape index (κ3) is 3.58. The lowest BCUT2D eigenvalue weighted by Crippen LogP contribution is -2.35. The van der Waals surface area contributed by atoms with Gasteiger partial charge < -0.3 is 14.6 Å². The van der Waals surface area contributed by atoms with Crippen molar-refractivity contribution in [1.82, 2.24) is 19.2 Å². The van der Waals surface area contributed by atoms with Crippen LogP contribution >= 0.6 is 0 Å². The van der Waals surface area contributed by atoms with E-state index in [1.165, 1.54) is 4.57 Å². The molecule has 2 atom stereocenters. The number of carbonyl (C=O) groups is 1. The highest BCUT2D eigenvalue weighted by Crippen LogP contribution is 2.32. The molecule has 0 unspecified atom stereocenters. The summed E-state index contributed by atoms with van der Waals surface area (Å²) in [4.78, 5) is 26.6. The SMILES string of the molecule is Cc1cccn(CC(=O)N2C[C@@H](CO)[C@H](c3cnn(C(C)C)c3)C2)c1=O. The molecule has 3 rings (SSSR count). The second-order valence-corrected chi connectivity index (χ2v) is 7.32. The first-order valence-corrected chi connectivity index (χ1v) is 8.99. The van der Waals surface area contributed by atoms with Gasteiger partial charge in [-0.3, -0.25) is 14.3 Å². The summed E-state index contributed by atoms with van der Waals surface area (Å²) in [7, 11) is 0. The third-order valence-corrected chi connectivity index (χ3v) is 5.12. The summed E-state index contributed by atoms with van der Waals surface area (Å²) in [6.07, 6.45) is 5.46. The maximum absolute atomic E-state index is 12.7.